The van der Waals surface area contributed by atoms with Crippen LogP contribution in [0, 0.1) is 0 Å². The van der Waals surface area contributed by atoms with Gasteiger partial charge in [-0.25, -0.2) is 18.7 Å². The van der Waals surface area contributed by atoms with Crippen LogP contribution >= 0.6 is 47.0 Å². The molecule has 4 aromatic heterocycles. The summed E-state index contributed by atoms with van der Waals surface area (Å²) in [6.07, 6.45) is -16.1. The van der Waals surface area contributed by atoms with Crippen LogP contribution in [0.1, 0.15) is 156 Å². The molecule has 48 nitrogen and oxygen atoms in total. The van der Waals surface area contributed by atoms with Gasteiger partial charge < -0.3 is 94.7 Å². The van der Waals surface area contributed by atoms with E-state index in [0.29, 0.717) is 45.0 Å². The molecular formula is C78H98N12O36S4. The average molecular weight is 1910 g/mol. The largest absolute Gasteiger partial charge is 0.463 e. The summed E-state index contributed by atoms with van der Waals surface area (Å²) in [7, 11) is 0. The van der Waals surface area contributed by atoms with Crippen LogP contribution in [0.25, 0.3) is 0 Å². The second kappa shape index (κ2) is 47.9. The van der Waals surface area contributed by atoms with Crippen molar-refractivity contribution in [3.63, 3.8) is 0 Å². The van der Waals surface area contributed by atoms with Gasteiger partial charge in [0.25, 0.3) is 0 Å². The molecule has 0 saturated carbocycles. The smallest absolute Gasteiger partial charge is 0.303 e. The van der Waals surface area contributed by atoms with Gasteiger partial charge in [0.1, 0.15) is 72.6 Å². The molecule has 8 heterocycles. The summed E-state index contributed by atoms with van der Waals surface area (Å²) < 4.78 is 120. The molecule has 0 aliphatic carbocycles. The second-order valence-corrected chi connectivity index (χ2v) is 33.9. The first kappa shape index (κ1) is 102. The highest BCUT2D eigenvalue weighted by atomic mass is 32.2. The number of thioether (sulfide) groups is 4. The van der Waals surface area contributed by atoms with Crippen LogP contribution in [-0.2, 0) is 221 Å². The van der Waals surface area contributed by atoms with Gasteiger partial charge in [-0.15, -0.1) is 67.4 Å². The van der Waals surface area contributed by atoms with Crippen molar-refractivity contribution >= 4 is 143 Å². The lowest BCUT2D eigenvalue weighted by atomic mass is 9.97. The molecule has 0 unspecified atom stereocenters. The molecule has 710 valence electrons. The zero-order valence-electron chi connectivity index (χ0n) is 73.2. The van der Waals surface area contributed by atoms with Crippen molar-refractivity contribution < 1.29 is 171 Å². The molecule has 130 heavy (non-hydrogen) atoms. The van der Waals surface area contributed by atoms with Gasteiger partial charge in [0.2, 0.25) is 0 Å². The fraction of sp³-hybridized carbons (Fsp3) is 0.615. The number of ether oxygens (including phenoxy) is 20. The number of carbonyl (C=O) groups is 16. The number of hydrogen-bond acceptors (Lipinski definition) is 48. The maximum absolute atomic E-state index is 12.8. The number of esters is 16. The Kier molecular flexibility index (Phi) is 37.7. The third-order valence-corrected chi connectivity index (χ3v) is 23.3. The van der Waals surface area contributed by atoms with Gasteiger partial charge in [0.15, 0.2) is 73.2 Å². The van der Waals surface area contributed by atoms with Gasteiger partial charge in [0, 0.05) is 159 Å². The van der Waals surface area contributed by atoms with Crippen molar-refractivity contribution in [3.8, 4) is 0 Å². The van der Waals surface area contributed by atoms with E-state index >= 15 is 0 Å². The van der Waals surface area contributed by atoms with Gasteiger partial charge >= 0.3 is 95.5 Å². The summed E-state index contributed by atoms with van der Waals surface area (Å²) >= 11 is 4.07. The van der Waals surface area contributed by atoms with Crippen LogP contribution in [0.3, 0.4) is 0 Å². The summed E-state index contributed by atoms with van der Waals surface area (Å²) in [5.74, 6) is -13.1. The van der Waals surface area contributed by atoms with Crippen molar-refractivity contribution in [1.82, 2.24) is 60.0 Å². The van der Waals surface area contributed by atoms with Gasteiger partial charge in [-0.3, -0.25) is 76.7 Å². The Bertz CT molecular complexity index is 4320. The van der Waals surface area contributed by atoms with E-state index in [1.165, 1.54) is 18.7 Å². The number of hydrogen-bond donors (Lipinski definition) is 0. The quantitative estimate of drug-likeness (QED) is 0.0396. The third-order valence-electron chi connectivity index (χ3n) is 18.6. The minimum absolute atomic E-state index is 0.0521. The fourth-order valence-electron chi connectivity index (χ4n) is 14.0. The minimum Gasteiger partial charge on any atom is -0.463 e. The fourth-order valence-corrected chi connectivity index (χ4v) is 18.3. The number of nitrogens with zero attached hydrogens (tertiary/aromatic N) is 12. The molecule has 0 bridgehead atoms. The zero-order valence-corrected chi connectivity index (χ0v) is 76.5. The summed E-state index contributed by atoms with van der Waals surface area (Å²) in [6, 6.07) is 3.67. The normalized spacial score (nSPS) is 25.2. The van der Waals surface area contributed by atoms with Crippen molar-refractivity contribution in [1.29, 1.82) is 0 Å². The van der Waals surface area contributed by atoms with Crippen LogP contribution < -0.4 is 0 Å². The molecule has 0 spiro atoms. The molecule has 5 aromatic rings. The zero-order chi connectivity index (χ0) is 95.1. The number of rotatable bonds is 40. The van der Waals surface area contributed by atoms with Crippen LogP contribution in [0.4, 0.5) is 0 Å². The highest BCUT2D eigenvalue weighted by Crippen LogP contribution is 2.41. The van der Waals surface area contributed by atoms with Crippen LogP contribution in [-0.4, -0.2) is 301 Å². The molecule has 4 aliphatic rings. The first-order chi connectivity index (χ1) is 61.5. The first-order valence-electron chi connectivity index (χ1n) is 39.9. The van der Waals surface area contributed by atoms with E-state index in [1.54, 1.807) is 24.8 Å². The topological polar surface area (TPSA) is 581 Å². The molecule has 1 aromatic carbocycles. The van der Waals surface area contributed by atoms with Crippen molar-refractivity contribution in [3.05, 3.63) is 81.9 Å². The number of benzene rings is 1. The Morgan fingerprint density at radius 3 is 0.569 bits per heavy atom. The van der Waals surface area contributed by atoms with Crippen molar-refractivity contribution in [2.75, 3.05) is 26.4 Å². The minimum atomic E-state index is -1.48. The average Bonchev–Trinajstić information content (AvgIpc) is 1.27. The standard InChI is InChI=1S/C78H98N12O36S4/c1-35(91)107-27-59-63(111-39(5)95)67(115-43(9)99)71(119-47(13)103)75(123-59)127-31-55-23-87(83-79-55)19-51-17-53(21-89-25-57(81-85-89)33-129-77-73(121-49(15)105)69(117-45(11)101)65(113-41(7)97)61(125-77)29-109-37(3)93)54(22-90-26-58(82-86-90)34-130-78-74(122-50(16)106)70(118-46(12)102)66(114-42(8)98)62(126-78)30-110-38(4)94)18-52(51)20-88-24-56(80-84-88)32-128-76-72(120-48(14)104)68(116-44(10)100)64(112-40(6)96)60(124-76)28-108-36(2)92/h17-18,23-26,59-78H,19-22,27-34H2,1-16H3/t59-,60-,61-,62-,63-,64-,65-,66-,67+,68+,69+,70+,71+,72+,73+,74+,75-,76-,77-,78-/m1/s1. The molecule has 52 heteroatoms. The molecule has 0 radical (unpaired) electrons. The molecular weight excluding hydrogens is 1810 g/mol. The Labute approximate surface area is 758 Å². The van der Waals surface area contributed by atoms with Gasteiger partial charge in [0.05, 0.1) is 49.0 Å². The third kappa shape index (κ3) is 30.9. The summed E-state index contributed by atoms with van der Waals surface area (Å²) in [5, 5.41) is 36.0. The summed E-state index contributed by atoms with van der Waals surface area (Å²) in [5.41, 5.74) is -1.51. The second-order valence-electron chi connectivity index (χ2n) is 29.5. The van der Waals surface area contributed by atoms with Gasteiger partial charge in [-0.1, -0.05) is 33.0 Å². The molecule has 0 N–H and O–H groups in total. The molecule has 9 rings (SSSR count). The highest BCUT2D eigenvalue weighted by Gasteiger charge is 2.57. The van der Waals surface area contributed by atoms with E-state index in [9.17, 15) is 76.7 Å². The van der Waals surface area contributed by atoms with E-state index in [0.717, 1.165) is 158 Å². The molecule has 0 amide bonds. The molecule has 20 atom stereocenters. The van der Waals surface area contributed by atoms with Crippen LogP contribution in [0.2, 0.25) is 0 Å². The van der Waals surface area contributed by atoms with Crippen molar-refractivity contribution in [2.24, 2.45) is 0 Å². The molecule has 4 aliphatic heterocycles. The van der Waals surface area contributed by atoms with E-state index in [4.69, 9.17) is 94.7 Å². The number of carbonyl (C=O) groups excluding carboxylic acids is 16. The maximum Gasteiger partial charge on any atom is 0.303 e. The maximum atomic E-state index is 12.8. The van der Waals surface area contributed by atoms with E-state index < -0.39 is 241 Å². The molecule has 4 saturated heterocycles. The first-order valence-corrected chi connectivity index (χ1v) is 44.1. The highest BCUT2D eigenvalue weighted by molar-refractivity contribution is 7.99. The monoisotopic (exact) mass is 1910 g/mol. The van der Waals surface area contributed by atoms with Gasteiger partial charge in [-0.2, -0.15) is 0 Å². The van der Waals surface area contributed by atoms with Crippen molar-refractivity contribution in [2.45, 2.75) is 279 Å². The SMILES string of the molecule is CC(=O)OC[C@H]1O[C@H](SCc2cn(Cc3cc(Cn4cc(CS[C@H]5O[C@H](COC(C)=O)[C@@H](OC(C)=O)[C@H](OC(C)=O)[C@@H]5OC(C)=O)nn4)c(Cn4cc(CS[C@H]5O[C@H](COC(C)=O)[C@@H](OC(C)=O)[C@H](OC(C)=O)[C@@H]5OC(C)=O)nn4)cc3Cn3cc(CS[C@H]4O[C@H](COC(C)=O)[C@@H](OC(C)=O)[C@H](OC(C)=O)[C@@H]4OC(C)=O)nn3)nn2)[C@@H](OC(C)=O)[C@@H](OC(C)=O)[C@@H]1OC(C)=O. The summed E-state index contributed by atoms with van der Waals surface area (Å²) in [6.45, 7) is 15.4. The Morgan fingerprint density at radius 1 is 0.246 bits per heavy atom. The Balaban J connectivity index is 1.13. The predicted molar refractivity (Wildman–Crippen MR) is 436 cm³/mol. The number of aromatic nitrogens is 12. The lowest BCUT2D eigenvalue weighted by Crippen LogP contribution is -2.61. The van der Waals surface area contributed by atoms with Gasteiger partial charge in [-0.05, 0) is 22.3 Å². The van der Waals surface area contributed by atoms with Crippen LogP contribution in [0.5, 0.6) is 0 Å². The predicted octanol–water partition coefficient (Wildman–Crippen LogP) is 1.51. The summed E-state index contributed by atoms with van der Waals surface area (Å²) in [4.78, 5) is 201. The lowest BCUT2D eigenvalue weighted by molar-refractivity contribution is -0.237. The molecule has 4 fully saturated rings. The Morgan fingerprint density at radius 2 is 0.408 bits per heavy atom. The lowest BCUT2D eigenvalue weighted by Gasteiger charge is -2.44. The van der Waals surface area contributed by atoms with Crippen LogP contribution in [0.15, 0.2) is 36.9 Å². The van der Waals surface area contributed by atoms with E-state index in [1.807, 2.05) is 12.1 Å². The van der Waals surface area contributed by atoms with E-state index in [2.05, 4.69) is 41.2 Å². The Hall–Kier alpha value is -11.5. The van der Waals surface area contributed by atoms with E-state index in [-0.39, 0.29) is 49.2 Å².